The molecule has 5 nitrogen and oxygen atoms in total. The van der Waals surface area contributed by atoms with Crippen molar-refractivity contribution in [1.29, 1.82) is 0 Å². The van der Waals surface area contributed by atoms with Crippen molar-refractivity contribution in [1.82, 2.24) is 19.7 Å². The zero-order valence-electron chi connectivity index (χ0n) is 14.8. The second-order valence-electron chi connectivity index (χ2n) is 6.09. The number of rotatable bonds is 5. The highest BCUT2D eigenvalue weighted by atomic mass is 32.2. The maximum Gasteiger partial charge on any atom is 0.255 e. The van der Waals surface area contributed by atoms with Crippen molar-refractivity contribution in [3.63, 3.8) is 0 Å². The molecule has 0 atom stereocenters. The van der Waals surface area contributed by atoms with Crippen LogP contribution in [-0.4, -0.2) is 19.7 Å². The molecule has 0 aliphatic carbocycles. The Morgan fingerprint density at radius 1 is 1.00 bits per heavy atom. The molecule has 0 aliphatic rings. The first-order chi connectivity index (χ1) is 13.2. The molecule has 4 rings (SSSR count). The Morgan fingerprint density at radius 2 is 1.70 bits per heavy atom. The van der Waals surface area contributed by atoms with Crippen molar-refractivity contribution >= 4 is 11.8 Å². The quantitative estimate of drug-likeness (QED) is 0.420. The van der Waals surface area contributed by atoms with E-state index in [1.807, 2.05) is 77.6 Å². The van der Waals surface area contributed by atoms with Gasteiger partial charge in [0.15, 0.2) is 5.16 Å². The lowest BCUT2D eigenvalue weighted by Gasteiger charge is -2.07. The normalized spacial score (nSPS) is 10.9. The Hall–Kier alpha value is -3.12. The molecule has 0 unspecified atom stereocenters. The van der Waals surface area contributed by atoms with E-state index in [0.717, 1.165) is 22.6 Å². The van der Waals surface area contributed by atoms with Gasteiger partial charge >= 0.3 is 0 Å². The van der Waals surface area contributed by atoms with Crippen LogP contribution in [0.5, 0.6) is 0 Å². The molecule has 1 N–H and O–H groups in total. The highest BCUT2D eigenvalue weighted by Gasteiger charge is 2.11. The van der Waals surface area contributed by atoms with Crippen LogP contribution in [-0.2, 0) is 5.75 Å². The summed E-state index contributed by atoms with van der Waals surface area (Å²) >= 11 is 1.47. The van der Waals surface area contributed by atoms with Crippen molar-refractivity contribution in [2.24, 2.45) is 0 Å². The number of thioether (sulfide) groups is 1. The number of nitrogens with one attached hydrogen (secondary N) is 1. The molecule has 0 radical (unpaired) electrons. The van der Waals surface area contributed by atoms with Crippen LogP contribution in [0.15, 0.2) is 82.9 Å². The average molecular weight is 374 g/mol. The molecule has 27 heavy (non-hydrogen) atoms. The van der Waals surface area contributed by atoms with Gasteiger partial charge in [0.25, 0.3) is 5.56 Å². The molecule has 4 aromatic rings. The molecular formula is C21H18N4OS. The van der Waals surface area contributed by atoms with Crippen molar-refractivity contribution in [2.75, 3.05) is 0 Å². The third-order valence-electron chi connectivity index (χ3n) is 4.20. The van der Waals surface area contributed by atoms with Gasteiger partial charge in [-0.05, 0) is 25.1 Å². The predicted molar refractivity (Wildman–Crippen MR) is 108 cm³/mol. The molecule has 6 heteroatoms. The standard InChI is InChI=1S/C21H18N4OS/c1-15-19(16-8-4-2-5-9-16)22-21(23-20(15)26)27-14-17-12-13-25(24-17)18-10-6-3-7-11-18/h2-13H,14H2,1H3,(H,22,23,26). The van der Waals surface area contributed by atoms with Gasteiger partial charge in [-0.25, -0.2) is 9.67 Å². The largest absolute Gasteiger partial charge is 0.301 e. The summed E-state index contributed by atoms with van der Waals surface area (Å²) < 4.78 is 1.84. The summed E-state index contributed by atoms with van der Waals surface area (Å²) in [5, 5.41) is 5.19. The van der Waals surface area contributed by atoms with Gasteiger partial charge < -0.3 is 4.98 Å². The van der Waals surface area contributed by atoms with Gasteiger partial charge in [-0.1, -0.05) is 60.3 Å². The van der Waals surface area contributed by atoms with E-state index < -0.39 is 0 Å². The minimum absolute atomic E-state index is 0.110. The van der Waals surface area contributed by atoms with E-state index >= 15 is 0 Å². The van der Waals surface area contributed by atoms with Crippen molar-refractivity contribution < 1.29 is 0 Å². The fraction of sp³-hybridized carbons (Fsp3) is 0.0952. The van der Waals surface area contributed by atoms with Gasteiger partial charge in [-0.15, -0.1) is 0 Å². The molecule has 0 spiro atoms. The van der Waals surface area contributed by atoms with Gasteiger partial charge in [0, 0.05) is 23.1 Å². The molecule has 0 amide bonds. The van der Waals surface area contributed by atoms with Gasteiger partial charge in [0.2, 0.25) is 0 Å². The third-order valence-corrected chi connectivity index (χ3v) is 5.11. The number of hydrogen-bond donors (Lipinski definition) is 1. The van der Waals surface area contributed by atoms with Gasteiger partial charge in [0.1, 0.15) is 0 Å². The summed E-state index contributed by atoms with van der Waals surface area (Å²) in [6.45, 7) is 1.80. The Kier molecular flexibility index (Phi) is 4.89. The lowest BCUT2D eigenvalue weighted by molar-refractivity contribution is 0.858. The molecule has 0 fully saturated rings. The van der Waals surface area contributed by atoms with Gasteiger partial charge in [0.05, 0.1) is 17.1 Å². The van der Waals surface area contributed by atoms with Crippen LogP contribution >= 0.6 is 11.8 Å². The first kappa shape index (κ1) is 17.3. The fourth-order valence-electron chi connectivity index (χ4n) is 2.76. The molecule has 0 saturated heterocycles. The maximum absolute atomic E-state index is 12.3. The second kappa shape index (κ2) is 7.63. The molecular weight excluding hydrogens is 356 g/mol. The zero-order chi connectivity index (χ0) is 18.6. The Morgan fingerprint density at radius 3 is 2.44 bits per heavy atom. The van der Waals surface area contributed by atoms with E-state index in [2.05, 4.69) is 15.1 Å². The lowest BCUT2D eigenvalue weighted by atomic mass is 10.1. The Labute approximate surface area is 161 Å². The SMILES string of the molecule is Cc1c(-c2ccccc2)nc(SCc2ccn(-c3ccccc3)n2)[nH]c1=O. The van der Waals surface area contributed by atoms with Gasteiger partial charge in [-0.2, -0.15) is 5.10 Å². The minimum Gasteiger partial charge on any atom is -0.301 e. The van der Waals surface area contributed by atoms with Crippen LogP contribution in [0, 0.1) is 6.92 Å². The van der Waals surface area contributed by atoms with Crippen LogP contribution in [0.25, 0.3) is 16.9 Å². The second-order valence-corrected chi connectivity index (χ2v) is 7.05. The smallest absolute Gasteiger partial charge is 0.255 e. The average Bonchev–Trinajstić information content (AvgIpc) is 3.19. The van der Waals surface area contributed by atoms with Crippen molar-refractivity contribution in [2.45, 2.75) is 17.8 Å². The Balaban J connectivity index is 1.55. The van der Waals surface area contributed by atoms with Crippen molar-refractivity contribution in [3.8, 4) is 16.9 Å². The molecule has 2 aromatic heterocycles. The topological polar surface area (TPSA) is 63.6 Å². The third kappa shape index (κ3) is 3.85. The number of nitrogens with zero attached hydrogens (tertiary/aromatic N) is 3. The van der Waals surface area contributed by atoms with E-state index in [9.17, 15) is 4.79 Å². The highest BCUT2D eigenvalue weighted by molar-refractivity contribution is 7.98. The van der Waals surface area contributed by atoms with Crippen LogP contribution in [0.4, 0.5) is 0 Å². The molecule has 0 aliphatic heterocycles. The number of aromatic nitrogens is 4. The molecule has 0 bridgehead atoms. The van der Waals surface area contributed by atoms with E-state index in [4.69, 9.17) is 0 Å². The maximum atomic E-state index is 12.3. The summed E-state index contributed by atoms with van der Waals surface area (Å²) in [5.41, 5.74) is 4.11. The Bertz CT molecular complexity index is 1100. The van der Waals surface area contributed by atoms with E-state index in [1.165, 1.54) is 11.8 Å². The highest BCUT2D eigenvalue weighted by Crippen LogP contribution is 2.23. The van der Waals surface area contributed by atoms with E-state index in [-0.39, 0.29) is 5.56 Å². The van der Waals surface area contributed by atoms with Crippen LogP contribution in [0.1, 0.15) is 11.3 Å². The zero-order valence-corrected chi connectivity index (χ0v) is 15.6. The summed E-state index contributed by atoms with van der Waals surface area (Å²) in [4.78, 5) is 19.8. The first-order valence-electron chi connectivity index (χ1n) is 8.60. The molecule has 134 valence electrons. The van der Waals surface area contributed by atoms with Crippen LogP contribution in [0.2, 0.25) is 0 Å². The van der Waals surface area contributed by atoms with E-state index in [0.29, 0.717) is 16.5 Å². The number of benzene rings is 2. The minimum atomic E-state index is -0.110. The summed E-state index contributed by atoms with van der Waals surface area (Å²) in [5.74, 6) is 0.625. The number of H-pyrrole nitrogens is 1. The number of para-hydroxylation sites is 1. The lowest BCUT2D eigenvalue weighted by Crippen LogP contribution is -2.14. The number of aromatic amines is 1. The van der Waals surface area contributed by atoms with Crippen LogP contribution < -0.4 is 5.56 Å². The fourth-order valence-corrected chi connectivity index (χ4v) is 3.52. The van der Waals surface area contributed by atoms with Gasteiger partial charge in [-0.3, -0.25) is 4.79 Å². The molecule has 0 saturated carbocycles. The number of hydrogen-bond acceptors (Lipinski definition) is 4. The summed E-state index contributed by atoms with van der Waals surface area (Å²) in [6, 6.07) is 21.7. The monoisotopic (exact) mass is 374 g/mol. The summed E-state index contributed by atoms with van der Waals surface area (Å²) in [7, 11) is 0. The van der Waals surface area contributed by atoms with Crippen molar-refractivity contribution in [3.05, 3.63) is 94.5 Å². The predicted octanol–water partition coefficient (Wildman–Crippen LogP) is 4.22. The molecule has 2 heterocycles. The van der Waals surface area contributed by atoms with Crippen LogP contribution in [0.3, 0.4) is 0 Å². The molecule has 2 aromatic carbocycles. The first-order valence-corrected chi connectivity index (χ1v) is 9.58. The summed E-state index contributed by atoms with van der Waals surface area (Å²) in [6.07, 6.45) is 1.94. The van der Waals surface area contributed by atoms with E-state index in [1.54, 1.807) is 6.92 Å².